The van der Waals surface area contributed by atoms with E-state index in [-0.39, 0.29) is 31.2 Å². The summed E-state index contributed by atoms with van der Waals surface area (Å²) in [6.45, 7) is 6.13. The van der Waals surface area contributed by atoms with E-state index in [1.54, 1.807) is 37.8 Å². The standard InChI is InChI=1S/C28H32BrN3O7/c1-28(2,3)39-26(34)30-12-11-20(16-30)22(14-19-9-10-23(29)24(15-19)32(36)37)25(33)31-21(17-38-27(31)35)13-18-7-5-4-6-8-18/h4-10,15,20-22H,11-14,16-17H2,1-3H3/t20-,21-,22-/m0/s1. The van der Waals surface area contributed by atoms with Crippen molar-refractivity contribution in [3.63, 3.8) is 0 Å². The van der Waals surface area contributed by atoms with Crippen LogP contribution in [-0.4, -0.2) is 64.2 Å². The van der Waals surface area contributed by atoms with Crippen LogP contribution in [0.4, 0.5) is 15.3 Å². The molecule has 4 rings (SSSR count). The summed E-state index contributed by atoms with van der Waals surface area (Å²) >= 11 is 3.21. The number of carbonyl (C=O) groups excluding carboxylic acids is 3. The van der Waals surface area contributed by atoms with Crippen LogP contribution in [0.25, 0.3) is 0 Å². The Hall–Kier alpha value is -3.47. The number of nitro groups is 1. The number of nitro benzene ring substituents is 1. The highest BCUT2D eigenvalue weighted by Crippen LogP contribution is 2.34. The van der Waals surface area contributed by atoms with Crippen molar-refractivity contribution in [2.45, 2.75) is 51.7 Å². The Bertz CT molecular complexity index is 1250. The first-order valence-corrected chi connectivity index (χ1v) is 13.7. The summed E-state index contributed by atoms with van der Waals surface area (Å²) in [5, 5.41) is 11.5. The molecule has 3 amide bonds. The predicted molar refractivity (Wildman–Crippen MR) is 146 cm³/mol. The molecule has 0 N–H and O–H groups in total. The van der Waals surface area contributed by atoms with Gasteiger partial charge in [-0.1, -0.05) is 36.4 Å². The van der Waals surface area contributed by atoms with E-state index < -0.39 is 40.6 Å². The first kappa shape index (κ1) is 28.5. The topological polar surface area (TPSA) is 119 Å². The van der Waals surface area contributed by atoms with Crippen LogP contribution in [0.15, 0.2) is 53.0 Å². The summed E-state index contributed by atoms with van der Waals surface area (Å²) < 4.78 is 11.2. The molecule has 0 aliphatic carbocycles. The summed E-state index contributed by atoms with van der Waals surface area (Å²) in [5.41, 5.74) is 0.787. The number of cyclic esters (lactones) is 1. The fourth-order valence-electron chi connectivity index (χ4n) is 5.09. The summed E-state index contributed by atoms with van der Waals surface area (Å²) in [7, 11) is 0. The van der Waals surface area contributed by atoms with Gasteiger partial charge < -0.3 is 14.4 Å². The second-order valence-corrected chi connectivity index (χ2v) is 11.8. The van der Waals surface area contributed by atoms with Gasteiger partial charge in [-0.15, -0.1) is 0 Å². The maximum Gasteiger partial charge on any atom is 0.416 e. The van der Waals surface area contributed by atoms with Crippen molar-refractivity contribution in [2.75, 3.05) is 19.7 Å². The van der Waals surface area contributed by atoms with Gasteiger partial charge in [0.1, 0.15) is 12.2 Å². The van der Waals surface area contributed by atoms with Gasteiger partial charge in [-0.3, -0.25) is 14.9 Å². The Morgan fingerprint density at radius 1 is 1.18 bits per heavy atom. The van der Waals surface area contributed by atoms with Gasteiger partial charge in [-0.2, -0.15) is 0 Å². The van der Waals surface area contributed by atoms with Gasteiger partial charge >= 0.3 is 12.2 Å². The molecule has 3 atom stereocenters. The Morgan fingerprint density at radius 2 is 1.90 bits per heavy atom. The smallest absolute Gasteiger partial charge is 0.416 e. The molecule has 0 radical (unpaired) electrons. The molecule has 0 saturated carbocycles. The Kier molecular flexibility index (Phi) is 8.58. The van der Waals surface area contributed by atoms with E-state index in [9.17, 15) is 24.5 Å². The number of benzene rings is 2. The molecule has 2 aliphatic heterocycles. The van der Waals surface area contributed by atoms with E-state index in [0.29, 0.717) is 29.4 Å². The number of likely N-dealkylation sites (tertiary alicyclic amines) is 1. The van der Waals surface area contributed by atoms with E-state index in [4.69, 9.17) is 9.47 Å². The molecule has 208 valence electrons. The zero-order chi connectivity index (χ0) is 28.3. The molecular weight excluding hydrogens is 570 g/mol. The lowest BCUT2D eigenvalue weighted by atomic mass is 9.84. The van der Waals surface area contributed by atoms with Crippen molar-refractivity contribution in [3.05, 3.63) is 74.2 Å². The van der Waals surface area contributed by atoms with Gasteiger partial charge in [0.05, 0.1) is 15.4 Å². The SMILES string of the molecule is CC(C)(C)OC(=O)N1CC[C@H]([C@H](Cc2ccc(Br)c([N+](=O)[O-])c2)C(=O)N2C(=O)OC[C@@H]2Cc2ccccc2)C1. The third-order valence-electron chi connectivity index (χ3n) is 6.94. The maximum absolute atomic E-state index is 14.1. The van der Waals surface area contributed by atoms with Crippen molar-refractivity contribution in [2.24, 2.45) is 11.8 Å². The number of imide groups is 1. The lowest BCUT2D eigenvalue weighted by Gasteiger charge is -2.29. The Morgan fingerprint density at radius 3 is 2.56 bits per heavy atom. The number of nitrogens with zero attached hydrogens (tertiary/aromatic N) is 3. The van der Waals surface area contributed by atoms with E-state index in [0.717, 1.165) is 5.56 Å². The molecule has 0 bridgehead atoms. The monoisotopic (exact) mass is 601 g/mol. The van der Waals surface area contributed by atoms with E-state index in [1.165, 1.54) is 11.0 Å². The van der Waals surface area contributed by atoms with Gasteiger partial charge in [0.15, 0.2) is 0 Å². The molecule has 2 saturated heterocycles. The van der Waals surface area contributed by atoms with Crippen LogP contribution >= 0.6 is 15.9 Å². The van der Waals surface area contributed by atoms with Gasteiger partial charge in [0, 0.05) is 25.1 Å². The van der Waals surface area contributed by atoms with Crippen LogP contribution in [0.2, 0.25) is 0 Å². The average molecular weight is 602 g/mol. The van der Waals surface area contributed by atoms with E-state index in [2.05, 4.69) is 15.9 Å². The summed E-state index contributed by atoms with van der Waals surface area (Å²) in [6.07, 6.45) is -0.0150. The van der Waals surface area contributed by atoms with Crippen molar-refractivity contribution < 1.29 is 28.8 Å². The number of halogens is 1. The molecule has 0 aromatic heterocycles. The fraction of sp³-hybridized carbons (Fsp3) is 0.464. The molecule has 2 fully saturated rings. The second kappa shape index (κ2) is 11.7. The molecule has 2 aromatic carbocycles. The van der Waals surface area contributed by atoms with E-state index >= 15 is 0 Å². The molecule has 2 aromatic rings. The number of hydrogen-bond donors (Lipinski definition) is 0. The van der Waals surface area contributed by atoms with Crippen molar-refractivity contribution in [1.29, 1.82) is 0 Å². The predicted octanol–water partition coefficient (Wildman–Crippen LogP) is 5.36. The summed E-state index contributed by atoms with van der Waals surface area (Å²) in [4.78, 5) is 53.4. The Labute approximate surface area is 235 Å². The van der Waals surface area contributed by atoms with Crippen LogP contribution in [0, 0.1) is 22.0 Å². The van der Waals surface area contributed by atoms with Gasteiger partial charge in [0.2, 0.25) is 5.91 Å². The second-order valence-electron chi connectivity index (χ2n) is 11.0. The number of carbonyl (C=O) groups is 3. The van der Waals surface area contributed by atoms with Crippen molar-refractivity contribution in [1.82, 2.24) is 9.80 Å². The number of hydrogen-bond acceptors (Lipinski definition) is 7. The largest absolute Gasteiger partial charge is 0.447 e. The molecule has 2 aliphatic rings. The highest BCUT2D eigenvalue weighted by molar-refractivity contribution is 9.10. The molecule has 39 heavy (non-hydrogen) atoms. The van der Waals surface area contributed by atoms with Crippen LogP contribution < -0.4 is 0 Å². The first-order chi connectivity index (χ1) is 18.4. The minimum atomic E-state index is -0.706. The normalized spacial score (nSPS) is 20.1. The van der Waals surface area contributed by atoms with E-state index in [1.807, 2.05) is 30.3 Å². The van der Waals surface area contributed by atoms with Crippen LogP contribution in [0.3, 0.4) is 0 Å². The third kappa shape index (κ3) is 6.95. The molecule has 2 heterocycles. The quantitative estimate of drug-likeness (QED) is 0.309. The lowest BCUT2D eigenvalue weighted by Crippen LogP contribution is -2.46. The highest BCUT2D eigenvalue weighted by Gasteiger charge is 2.45. The summed E-state index contributed by atoms with van der Waals surface area (Å²) in [6, 6.07) is 13.8. The van der Waals surface area contributed by atoms with Gasteiger partial charge in [-0.25, -0.2) is 14.5 Å². The molecule has 0 unspecified atom stereocenters. The average Bonchev–Trinajstić information content (AvgIpc) is 3.50. The van der Waals surface area contributed by atoms with Crippen LogP contribution in [0.5, 0.6) is 0 Å². The Balaban J connectivity index is 1.61. The molecule has 10 nitrogen and oxygen atoms in total. The molecule has 0 spiro atoms. The highest BCUT2D eigenvalue weighted by atomic mass is 79.9. The molecular formula is C28H32BrN3O7. The van der Waals surface area contributed by atoms with Gasteiger partial charge in [0.25, 0.3) is 5.69 Å². The van der Waals surface area contributed by atoms with Crippen LogP contribution in [0.1, 0.15) is 38.3 Å². The number of ether oxygens (including phenoxy) is 2. The van der Waals surface area contributed by atoms with Gasteiger partial charge in [-0.05, 0) is 79.1 Å². The zero-order valence-electron chi connectivity index (χ0n) is 22.2. The van der Waals surface area contributed by atoms with Crippen molar-refractivity contribution in [3.8, 4) is 0 Å². The lowest BCUT2D eigenvalue weighted by molar-refractivity contribution is -0.385. The minimum absolute atomic E-state index is 0.0879. The third-order valence-corrected chi connectivity index (χ3v) is 7.61. The fourth-order valence-corrected chi connectivity index (χ4v) is 5.48. The number of amides is 3. The first-order valence-electron chi connectivity index (χ1n) is 12.9. The molecule has 11 heteroatoms. The number of rotatable bonds is 7. The summed E-state index contributed by atoms with van der Waals surface area (Å²) in [5.74, 6) is -1.39. The maximum atomic E-state index is 14.1. The van der Waals surface area contributed by atoms with Crippen LogP contribution in [-0.2, 0) is 27.1 Å². The van der Waals surface area contributed by atoms with Crippen molar-refractivity contribution >= 4 is 39.7 Å². The zero-order valence-corrected chi connectivity index (χ0v) is 23.8. The minimum Gasteiger partial charge on any atom is -0.447 e.